The molecule has 0 atom stereocenters. The van der Waals surface area contributed by atoms with Crippen LogP contribution in [-0.2, 0) is 22.7 Å². The summed E-state index contributed by atoms with van der Waals surface area (Å²) in [6, 6.07) is 24.5. The predicted molar refractivity (Wildman–Crippen MR) is 114 cm³/mol. The van der Waals surface area contributed by atoms with Crippen LogP contribution in [-0.4, -0.2) is 18.4 Å². The van der Waals surface area contributed by atoms with Crippen LogP contribution in [0.2, 0.25) is 0 Å². The highest BCUT2D eigenvalue weighted by atomic mass is 16.5. The van der Waals surface area contributed by atoms with Crippen molar-refractivity contribution in [1.29, 1.82) is 0 Å². The van der Waals surface area contributed by atoms with Crippen molar-refractivity contribution in [2.75, 3.05) is 6.61 Å². The highest BCUT2D eigenvalue weighted by Gasteiger charge is 2.16. The van der Waals surface area contributed by atoms with Crippen LogP contribution in [0.15, 0.2) is 78.9 Å². The van der Waals surface area contributed by atoms with Crippen molar-refractivity contribution in [1.82, 2.24) is 0 Å². The zero-order chi connectivity index (χ0) is 21.2. The molecule has 0 saturated heterocycles. The third-order valence-corrected chi connectivity index (χ3v) is 4.35. The van der Waals surface area contributed by atoms with Gasteiger partial charge in [-0.2, -0.15) is 0 Å². The first kappa shape index (κ1) is 21.1. The van der Waals surface area contributed by atoms with Crippen LogP contribution in [0.4, 0.5) is 0 Å². The van der Waals surface area contributed by atoms with Crippen molar-refractivity contribution in [3.8, 4) is 11.5 Å². The molecule has 0 spiro atoms. The Labute approximate surface area is 176 Å². The lowest BCUT2D eigenvalue weighted by Crippen LogP contribution is -2.11. The monoisotopic (exact) mass is 404 g/mol. The van der Waals surface area contributed by atoms with Crippen molar-refractivity contribution in [2.45, 2.75) is 26.6 Å². The Kier molecular flexibility index (Phi) is 7.61. The second-order valence-electron chi connectivity index (χ2n) is 6.62. The van der Waals surface area contributed by atoms with Crippen molar-refractivity contribution in [3.05, 3.63) is 95.6 Å². The fourth-order valence-corrected chi connectivity index (χ4v) is 2.83. The molecule has 0 aliphatic rings. The first-order chi connectivity index (χ1) is 14.7. The largest absolute Gasteiger partial charge is 0.485 e. The Balaban J connectivity index is 1.77. The third kappa shape index (κ3) is 6.21. The summed E-state index contributed by atoms with van der Waals surface area (Å²) in [5, 5.41) is 0. The Morgan fingerprint density at radius 3 is 1.87 bits per heavy atom. The number of benzene rings is 3. The van der Waals surface area contributed by atoms with Crippen molar-refractivity contribution in [2.24, 2.45) is 0 Å². The second kappa shape index (κ2) is 10.8. The number of esters is 1. The van der Waals surface area contributed by atoms with Crippen molar-refractivity contribution < 1.29 is 23.8 Å². The number of ether oxygens (including phenoxy) is 3. The summed E-state index contributed by atoms with van der Waals surface area (Å²) in [4.78, 5) is 24.1. The van der Waals surface area contributed by atoms with Gasteiger partial charge in [-0.1, -0.05) is 60.7 Å². The third-order valence-electron chi connectivity index (χ3n) is 4.35. The molecule has 0 amide bonds. The number of Topliss-reactive ketones (excluding diaryl/α,β-unsaturated/α-hetero) is 1. The van der Waals surface area contributed by atoms with E-state index in [0.29, 0.717) is 30.3 Å². The summed E-state index contributed by atoms with van der Waals surface area (Å²) in [5.74, 6) is 0.109. The van der Waals surface area contributed by atoms with Gasteiger partial charge < -0.3 is 14.2 Å². The maximum atomic E-state index is 12.4. The lowest BCUT2D eigenvalue weighted by Gasteiger charge is -2.14. The molecule has 0 unspecified atom stereocenters. The minimum absolute atomic E-state index is 0.240. The van der Waals surface area contributed by atoms with Gasteiger partial charge in [0.1, 0.15) is 19.6 Å². The van der Waals surface area contributed by atoms with Crippen LogP contribution in [0.1, 0.15) is 34.8 Å². The topological polar surface area (TPSA) is 61.8 Å². The zero-order valence-electron chi connectivity index (χ0n) is 16.9. The average Bonchev–Trinajstić information content (AvgIpc) is 2.78. The summed E-state index contributed by atoms with van der Waals surface area (Å²) in [6.45, 7) is 2.65. The second-order valence-corrected chi connectivity index (χ2v) is 6.62. The van der Waals surface area contributed by atoms with Gasteiger partial charge in [0.25, 0.3) is 0 Å². The number of hydrogen-bond donors (Lipinski definition) is 0. The number of ketones is 1. The van der Waals surface area contributed by atoms with Gasteiger partial charge in [0.15, 0.2) is 17.3 Å². The van der Waals surface area contributed by atoms with E-state index in [0.717, 1.165) is 11.1 Å². The van der Waals surface area contributed by atoms with Gasteiger partial charge in [-0.25, -0.2) is 0 Å². The van der Waals surface area contributed by atoms with Gasteiger partial charge >= 0.3 is 5.97 Å². The summed E-state index contributed by atoms with van der Waals surface area (Å²) in [6.07, 6.45) is -0.309. The summed E-state index contributed by atoms with van der Waals surface area (Å²) in [7, 11) is 0. The Hall–Kier alpha value is -3.60. The molecular formula is C25H24O5. The molecule has 0 bridgehead atoms. The number of hydrogen-bond acceptors (Lipinski definition) is 5. The van der Waals surface area contributed by atoms with Gasteiger partial charge in [-0.3, -0.25) is 9.59 Å². The normalized spacial score (nSPS) is 10.3. The molecular weight excluding hydrogens is 380 g/mol. The molecule has 3 aromatic rings. The highest BCUT2D eigenvalue weighted by Crippen LogP contribution is 2.30. The molecule has 0 N–H and O–H groups in total. The number of rotatable bonds is 10. The number of carbonyl (C=O) groups excluding carboxylic acids is 2. The van der Waals surface area contributed by atoms with Gasteiger partial charge in [0.2, 0.25) is 0 Å². The molecule has 30 heavy (non-hydrogen) atoms. The SMILES string of the molecule is CCOC(=O)CC(=O)c1ccc(OCc2ccccc2)c(OCc2ccccc2)c1. The van der Waals surface area contributed by atoms with E-state index in [1.165, 1.54) is 0 Å². The summed E-state index contributed by atoms with van der Waals surface area (Å²) >= 11 is 0. The van der Waals surface area contributed by atoms with Gasteiger partial charge in [-0.05, 0) is 36.2 Å². The summed E-state index contributed by atoms with van der Waals surface area (Å²) < 4.78 is 16.8. The zero-order valence-corrected chi connectivity index (χ0v) is 16.9. The van der Waals surface area contributed by atoms with Crippen LogP contribution in [0.25, 0.3) is 0 Å². The first-order valence-corrected chi connectivity index (χ1v) is 9.82. The smallest absolute Gasteiger partial charge is 0.313 e. The minimum Gasteiger partial charge on any atom is -0.485 e. The number of carbonyl (C=O) groups is 2. The Bertz CT molecular complexity index is 967. The standard InChI is InChI=1S/C25H24O5/c1-2-28-25(27)16-22(26)21-13-14-23(29-17-19-9-5-3-6-10-19)24(15-21)30-18-20-11-7-4-8-12-20/h3-15H,2,16-18H2,1H3. The fraction of sp³-hybridized carbons (Fsp3) is 0.200. The summed E-state index contributed by atoms with van der Waals surface area (Å²) in [5.41, 5.74) is 2.39. The van der Waals surface area contributed by atoms with E-state index >= 15 is 0 Å². The maximum Gasteiger partial charge on any atom is 0.313 e. The van der Waals surface area contributed by atoms with Crippen molar-refractivity contribution in [3.63, 3.8) is 0 Å². The van der Waals surface area contributed by atoms with Crippen LogP contribution in [0, 0.1) is 0 Å². The Morgan fingerprint density at radius 2 is 1.30 bits per heavy atom. The van der Waals surface area contributed by atoms with Crippen LogP contribution in [0.3, 0.4) is 0 Å². The molecule has 5 nitrogen and oxygen atoms in total. The first-order valence-electron chi connectivity index (χ1n) is 9.82. The molecule has 0 saturated carbocycles. The predicted octanol–water partition coefficient (Wildman–Crippen LogP) is 4.98. The molecule has 0 heterocycles. The van der Waals surface area contributed by atoms with Crippen LogP contribution >= 0.6 is 0 Å². The van der Waals surface area contributed by atoms with Crippen LogP contribution in [0.5, 0.6) is 11.5 Å². The molecule has 0 aliphatic heterocycles. The van der Waals surface area contributed by atoms with E-state index in [4.69, 9.17) is 14.2 Å². The van der Waals surface area contributed by atoms with Crippen LogP contribution < -0.4 is 9.47 Å². The lowest BCUT2D eigenvalue weighted by molar-refractivity contribution is -0.141. The van der Waals surface area contributed by atoms with E-state index in [-0.39, 0.29) is 18.8 Å². The van der Waals surface area contributed by atoms with E-state index in [1.54, 1.807) is 25.1 Å². The molecule has 5 heteroatoms. The molecule has 3 aromatic carbocycles. The minimum atomic E-state index is -0.543. The highest BCUT2D eigenvalue weighted by molar-refractivity contribution is 6.06. The molecule has 0 aliphatic carbocycles. The molecule has 0 aromatic heterocycles. The van der Waals surface area contributed by atoms with Gasteiger partial charge in [0.05, 0.1) is 6.61 Å². The van der Waals surface area contributed by atoms with E-state index < -0.39 is 5.97 Å². The molecule has 0 radical (unpaired) electrons. The van der Waals surface area contributed by atoms with E-state index in [2.05, 4.69) is 0 Å². The van der Waals surface area contributed by atoms with Gasteiger partial charge in [-0.15, -0.1) is 0 Å². The Morgan fingerprint density at radius 1 is 0.733 bits per heavy atom. The van der Waals surface area contributed by atoms with Crippen molar-refractivity contribution >= 4 is 11.8 Å². The molecule has 154 valence electrons. The average molecular weight is 404 g/mol. The van der Waals surface area contributed by atoms with E-state index in [9.17, 15) is 9.59 Å². The fourth-order valence-electron chi connectivity index (χ4n) is 2.83. The van der Waals surface area contributed by atoms with E-state index in [1.807, 2.05) is 60.7 Å². The lowest BCUT2D eigenvalue weighted by atomic mass is 10.1. The maximum absolute atomic E-state index is 12.4. The van der Waals surface area contributed by atoms with Gasteiger partial charge in [0, 0.05) is 5.56 Å². The molecule has 3 rings (SSSR count). The molecule has 0 fully saturated rings. The quantitative estimate of drug-likeness (QED) is 0.271.